The van der Waals surface area contributed by atoms with E-state index < -0.39 is 11.9 Å². The Bertz CT molecular complexity index is 963. The van der Waals surface area contributed by atoms with Gasteiger partial charge in [0, 0.05) is 10.6 Å². The molecule has 0 aliphatic rings. The molecule has 0 aliphatic heterocycles. The Labute approximate surface area is 166 Å². The van der Waals surface area contributed by atoms with Crippen LogP contribution in [0.4, 0.5) is 13.2 Å². The van der Waals surface area contributed by atoms with Gasteiger partial charge in [-0.25, -0.2) is 0 Å². The first-order chi connectivity index (χ1) is 13.0. The molecule has 0 aliphatic carbocycles. The molecule has 0 fully saturated rings. The molecular formula is C21H18ClF3N2O. The summed E-state index contributed by atoms with van der Waals surface area (Å²) in [5, 5.41) is 0.476. The van der Waals surface area contributed by atoms with Gasteiger partial charge in [0.25, 0.3) is 0 Å². The van der Waals surface area contributed by atoms with Crippen LogP contribution in [-0.4, -0.2) is 9.97 Å². The van der Waals surface area contributed by atoms with Gasteiger partial charge in [-0.15, -0.1) is 0 Å². The third-order valence-corrected chi connectivity index (χ3v) is 4.32. The van der Waals surface area contributed by atoms with E-state index in [9.17, 15) is 13.2 Å². The standard InChI is InChI=1S/C21H18ClF3N2O/c1-20(2,3)14-6-10-16(11-7-14)28-19-26-17(12-18(27-19)21(23,24)25)13-4-8-15(22)9-5-13/h4-12H,1-3H3. The Kier molecular flexibility index (Phi) is 5.35. The van der Waals surface area contributed by atoms with Crippen LogP contribution in [0.3, 0.4) is 0 Å². The molecule has 0 N–H and O–H groups in total. The van der Waals surface area contributed by atoms with Crippen LogP contribution in [0.2, 0.25) is 5.02 Å². The average Bonchev–Trinajstić information content (AvgIpc) is 2.61. The van der Waals surface area contributed by atoms with Crippen LogP contribution >= 0.6 is 11.6 Å². The van der Waals surface area contributed by atoms with Crippen LogP contribution in [0.15, 0.2) is 54.6 Å². The van der Waals surface area contributed by atoms with Gasteiger partial charge in [-0.2, -0.15) is 23.1 Å². The molecule has 28 heavy (non-hydrogen) atoms. The van der Waals surface area contributed by atoms with Gasteiger partial charge in [0.05, 0.1) is 5.69 Å². The van der Waals surface area contributed by atoms with Crippen molar-refractivity contribution in [2.75, 3.05) is 0 Å². The maximum atomic E-state index is 13.3. The number of benzene rings is 2. The molecule has 146 valence electrons. The Hall–Kier alpha value is -2.60. The monoisotopic (exact) mass is 406 g/mol. The zero-order valence-electron chi connectivity index (χ0n) is 15.5. The zero-order valence-corrected chi connectivity index (χ0v) is 16.3. The average molecular weight is 407 g/mol. The van der Waals surface area contributed by atoms with E-state index in [-0.39, 0.29) is 17.1 Å². The summed E-state index contributed by atoms with van der Waals surface area (Å²) in [4.78, 5) is 7.67. The SMILES string of the molecule is CC(C)(C)c1ccc(Oc2nc(-c3ccc(Cl)cc3)cc(C(F)(F)F)n2)cc1. The van der Waals surface area contributed by atoms with E-state index in [0.717, 1.165) is 11.6 Å². The molecule has 1 aromatic heterocycles. The van der Waals surface area contributed by atoms with E-state index in [4.69, 9.17) is 16.3 Å². The number of hydrogen-bond donors (Lipinski definition) is 0. The first-order valence-electron chi connectivity index (χ1n) is 8.53. The van der Waals surface area contributed by atoms with Crippen LogP contribution in [-0.2, 0) is 11.6 Å². The van der Waals surface area contributed by atoms with Crippen LogP contribution in [0.1, 0.15) is 32.0 Å². The van der Waals surface area contributed by atoms with Gasteiger partial charge in [0.15, 0.2) is 5.69 Å². The lowest BCUT2D eigenvalue weighted by atomic mass is 9.87. The molecule has 3 nitrogen and oxygen atoms in total. The molecule has 3 aromatic rings. The third-order valence-electron chi connectivity index (χ3n) is 4.07. The molecule has 7 heteroatoms. The number of aromatic nitrogens is 2. The first-order valence-corrected chi connectivity index (χ1v) is 8.91. The second-order valence-corrected chi connectivity index (χ2v) is 7.74. The highest BCUT2D eigenvalue weighted by molar-refractivity contribution is 6.30. The van der Waals surface area contributed by atoms with Gasteiger partial charge >= 0.3 is 12.2 Å². The molecule has 3 rings (SSSR count). The summed E-state index contributed by atoms with van der Waals surface area (Å²) in [7, 11) is 0. The molecular weight excluding hydrogens is 389 g/mol. The van der Waals surface area contributed by atoms with Gasteiger partial charge in [-0.3, -0.25) is 0 Å². The van der Waals surface area contributed by atoms with Gasteiger partial charge < -0.3 is 4.74 Å². The summed E-state index contributed by atoms with van der Waals surface area (Å²) >= 11 is 5.85. The van der Waals surface area contributed by atoms with E-state index in [0.29, 0.717) is 16.3 Å². The Morgan fingerprint density at radius 2 is 1.46 bits per heavy atom. The number of hydrogen-bond acceptors (Lipinski definition) is 3. The van der Waals surface area contributed by atoms with Crippen molar-refractivity contribution in [3.05, 3.63) is 70.9 Å². The quantitative estimate of drug-likeness (QED) is 0.474. The van der Waals surface area contributed by atoms with E-state index in [1.165, 1.54) is 0 Å². The maximum absolute atomic E-state index is 13.3. The summed E-state index contributed by atoms with van der Waals surface area (Å²) in [5.41, 5.74) is 0.526. The Morgan fingerprint density at radius 3 is 2.00 bits per heavy atom. The third kappa shape index (κ3) is 4.81. The van der Waals surface area contributed by atoms with Crippen LogP contribution in [0.5, 0.6) is 11.8 Å². The molecule has 1 heterocycles. The van der Waals surface area contributed by atoms with Crippen molar-refractivity contribution in [1.82, 2.24) is 9.97 Å². The van der Waals surface area contributed by atoms with Crippen molar-refractivity contribution in [2.24, 2.45) is 0 Å². The molecule has 0 saturated heterocycles. The number of ether oxygens (including phenoxy) is 1. The molecule has 0 spiro atoms. The molecule has 0 saturated carbocycles. The van der Waals surface area contributed by atoms with E-state index in [1.807, 2.05) is 12.1 Å². The summed E-state index contributed by atoms with van der Waals surface area (Å²) in [6, 6.07) is 14.0. The van der Waals surface area contributed by atoms with Crippen molar-refractivity contribution in [3.8, 4) is 23.0 Å². The summed E-state index contributed by atoms with van der Waals surface area (Å²) in [5.74, 6) is 0.356. The zero-order chi connectivity index (χ0) is 20.5. The van der Waals surface area contributed by atoms with Gasteiger partial charge in [0.2, 0.25) is 0 Å². The van der Waals surface area contributed by atoms with Crippen LogP contribution < -0.4 is 4.74 Å². The second kappa shape index (κ2) is 7.43. The number of nitrogens with zero attached hydrogens (tertiary/aromatic N) is 2. The van der Waals surface area contributed by atoms with Crippen molar-refractivity contribution < 1.29 is 17.9 Å². The molecule has 0 bridgehead atoms. The Balaban J connectivity index is 1.98. The normalized spacial score (nSPS) is 12.1. The lowest BCUT2D eigenvalue weighted by Gasteiger charge is -2.19. The lowest BCUT2D eigenvalue weighted by molar-refractivity contribution is -0.141. The van der Waals surface area contributed by atoms with Gasteiger partial charge in [-0.05, 0) is 41.3 Å². The van der Waals surface area contributed by atoms with Crippen molar-refractivity contribution >= 4 is 11.6 Å². The van der Waals surface area contributed by atoms with E-state index in [2.05, 4.69) is 30.7 Å². The molecule has 0 unspecified atom stereocenters. The number of halogens is 4. The van der Waals surface area contributed by atoms with Gasteiger partial charge in [0.1, 0.15) is 5.75 Å². The minimum absolute atomic E-state index is 0.0486. The van der Waals surface area contributed by atoms with Crippen molar-refractivity contribution in [3.63, 3.8) is 0 Å². The fourth-order valence-corrected chi connectivity index (χ4v) is 2.64. The van der Waals surface area contributed by atoms with E-state index >= 15 is 0 Å². The number of alkyl halides is 3. The summed E-state index contributed by atoms with van der Waals surface area (Å²) < 4.78 is 45.4. The fourth-order valence-electron chi connectivity index (χ4n) is 2.51. The topological polar surface area (TPSA) is 35.0 Å². The summed E-state index contributed by atoms with van der Waals surface area (Å²) in [6.07, 6.45) is -4.63. The second-order valence-electron chi connectivity index (χ2n) is 7.30. The highest BCUT2D eigenvalue weighted by Gasteiger charge is 2.34. The summed E-state index contributed by atoms with van der Waals surface area (Å²) in [6.45, 7) is 6.20. The lowest BCUT2D eigenvalue weighted by Crippen LogP contribution is -2.11. The highest BCUT2D eigenvalue weighted by atomic mass is 35.5. The van der Waals surface area contributed by atoms with Gasteiger partial charge in [-0.1, -0.05) is 56.6 Å². The maximum Gasteiger partial charge on any atom is 0.433 e. The largest absolute Gasteiger partial charge is 0.433 e. The fraction of sp³-hybridized carbons (Fsp3) is 0.238. The smallest absolute Gasteiger partial charge is 0.424 e. The minimum Gasteiger partial charge on any atom is -0.424 e. The first kappa shape index (κ1) is 20.1. The minimum atomic E-state index is -4.63. The molecule has 2 aromatic carbocycles. The predicted octanol–water partition coefficient (Wildman–Crippen LogP) is 6.91. The van der Waals surface area contributed by atoms with Crippen molar-refractivity contribution in [2.45, 2.75) is 32.4 Å². The highest BCUT2D eigenvalue weighted by Crippen LogP contribution is 2.33. The van der Waals surface area contributed by atoms with Crippen LogP contribution in [0.25, 0.3) is 11.3 Å². The number of rotatable bonds is 3. The molecule has 0 atom stereocenters. The molecule has 0 amide bonds. The predicted molar refractivity (Wildman–Crippen MR) is 103 cm³/mol. The Morgan fingerprint density at radius 1 is 0.857 bits per heavy atom. The van der Waals surface area contributed by atoms with Crippen LogP contribution in [0, 0.1) is 0 Å². The van der Waals surface area contributed by atoms with E-state index in [1.54, 1.807) is 36.4 Å². The van der Waals surface area contributed by atoms with Crippen molar-refractivity contribution in [1.29, 1.82) is 0 Å². The molecule has 0 radical (unpaired) electrons.